The lowest BCUT2D eigenvalue weighted by molar-refractivity contribution is 0.184. The summed E-state index contributed by atoms with van der Waals surface area (Å²) in [6.45, 7) is 5.49. The number of hydrogen-bond acceptors (Lipinski definition) is 6. The van der Waals surface area contributed by atoms with Crippen LogP contribution in [0.5, 0.6) is 5.75 Å². The average Bonchev–Trinajstić information content (AvgIpc) is 3.23. The van der Waals surface area contributed by atoms with Crippen LogP contribution in [0.25, 0.3) is 10.9 Å². The van der Waals surface area contributed by atoms with Crippen LogP contribution < -0.4 is 20.9 Å². The van der Waals surface area contributed by atoms with Crippen molar-refractivity contribution in [2.45, 2.75) is 37.9 Å². The van der Waals surface area contributed by atoms with Crippen molar-refractivity contribution >= 4 is 41.4 Å². The van der Waals surface area contributed by atoms with Crippen molar-refractivity contribution in [1.82, 2.24) is 19.8 Å². The fraction of sp³-hybridized carbons (Fsp3) is 0.440. The molecule has 0 amide bonds. The third-order valence-electron chi connectivity index (χ3n) is 7.18. The lowest BCUT2D eigenvalue weighted by Gasteiger charge is -2.34. The quantitative estimate of drug-likeness (QED) is 0.535. The topological polar surface area (TPSA) is 71.4 Å². The molecule has 1 saturated heterocycles. The number of halogens is 3. The van der Waals surface area contributed by atoms with Crippen LogP contribution in [0.2, 0.25) is 0 Å². The number of piperidine rings is 1. The Kier molecular flexibility index (Phi) is 7.86. The summed E-state index contributed by atoms with van der Waals surface area (Å²) < 4.78 is 22.1. The van der Waals surface area contributed by atoms with Gasteiger partial charge in [0.15, 0.2) is 5.75 Å². The highest BCUT2D eigenvalue weighted by atomic mass is 35.5. The Hall–Kier alpha value is -2.39. The van der Waals surface area contributed by atoms with Gasteiger partial charge in [-0.25, -0.2) is 4.39 Å². The van der Waals surface area contributed by atoms with Gasteiger partial charge in [0.1, 0.15) is 12.4 Å². The van der Waals surface area contributed by atoms with Gasteiger partial charge in [0.25, 0.3) is 5.56 Å². The summed E-state index contributed by atoms with van der Waals surface area (Å²) >= 11 is 0. The van der Waals surface area contributed by atoms with Gasteiger partial charge in [-0.05, 0) is 55.6 Å². The van der Waals surface area contributed by atoms with Crippen LogP contribution in [0.15, 0.2) is 41.3 Å². The number of benzene rings is 1. The van der Waals surface area contributed by atoms with Crippen LogP contribution in [-0.2, 0) is 13.1 Å². The second kappa shape index (κ2) is 10.7. The molecule has 0 aliphatic carbocycles. The number of rotatable bonds is 5. The van der Waals surface area contributed by atoms with Gasteiger partial charge in [0, 0.05) is 49.8 Å². The van der Waals surface area contributed by atoms with E-state index in [0.29, 0.717) is 24.8 Å². The van der Waals surface area contributed by atoms with Crippen molar-refractivity contribution in [2.24, 2.45) is 0 Å². The van der Waals surface area contributed by atoms with Gasteiger partial charge in [0.2, 0.25) is 0 Å². The SMILES string of the molecule is Cl.Cl.O=c1ccc2ccc(F)c3c2n1CC3CN1CCC(NCc2cc3c(cn2)OCCN3)CC1. The van der Waals surface area contributed by atoms with E-state index in [2.05, 4.69) is 26.6 Å². The van der Waals surface area contributed by atoms with Crippen LogP contribution in [0.1, 0.15) is 30.0 Å². The Morgan fingerprint density at radius 2 is 1.97 bits per heavy atom. The normalized spacial score (nSPS) is 19.3. The maximum atomic E-state index is 14.8. The van der Waals surface area contributed by atoms with Crippen LogP contribution in [0.4, 0.5) is 10.1 Å². The molecule has 5 heterocycles. The summed E-state index contributed by atoms with van der Waals surface area (Å²) in [4.78, 5) is 19.3. The third-order valence-corrected chi connectivity index (χ3v) is 7.18. The molecule has 1 aromatic carbocycles. The molecule has 0 spiro atoms. The molecular weight excluding hydrogens is 492 g/mol. The Bertz CT molecular complexity index is 1260. The highest BCUT2D eigenvalue weighted by molar-refractivity contribution is 5.86. The minimum atomic E-state index is -0.196. The van der Waals surface area contributed by atoms with Crippen LogP contribution in [0, 0.1) is 5.82 Å². The molecule has 3 aromatic rings. The molecule has 0 bridgehead atoms. The van der Waals surface area contributed by atoms with Crippen molar-refractivity contribution in [3.8, 4) is 5.75 Å². The minimum absolute atomic E-state index is 0. The molecule has 0 radical (unpaired) electrons. The second-order valence-corrected chi connectivity index (χ2v) is 9.28. The highest BCUT2D eigenvalue weighted by Crippen LogP contribution is 2.35. The molecule has 1 unspecified atom stereocenters. The molecule has 10 heteroatoms. The minimum Gasteiger partial charge on any atom is -0.488 e. The molecule has 7 nitrogen and oxygen atoms in total. The van der Waals surface area contributed by atoms with E-state index >= 15 is 0 Å². The first-order valence-corrected chi connectivity index (χ1v) is 11.8. The molecule has 3 aliphatic heterocycles. The van der Waals surface area contributed by atoms with Gasteiger partial charge in [-0.3, -0.25) is 9.78 Å². The Morgan fingerprint density at radius 3 is 2.80 bits per heavy atom. The molecule has 0 saturated carbocycles. The number of ether oxygens (including phenoxy) is 1. The van der Waals surface area contributed by atoms with E-state index in [1.165, 1.54) is 6.07 Å². The first-order valence-electron chi connectivity index (χ1n) is 11.8. The number of nitrogens with one attached hydrogen (secondary N) is 2. The molecule has 3 aliphatic rings. The van der Waals surface area contributed by atoms with E-state index < -0.39 is 0 Å². The number of hydrogen-bond donors (Lipinski definition) is 2. The maximum absolute atomic E-state index is 14.8. The molecule has 35 heavy (non-hydrogen) atoms. The van der Waals surface area contributed by atoms with Crippen molar-refractivity contribution in [2.75, 3.05) is 38.1 Å². The molecule has 2 N–H and O–H groups in total. The Morgan fingerprint density at radius 1 is 1.17 bits per heavy atom. The van der Waals surface area contributed by atoms with E-state index in [4.69, 9.17) is 4.74 Å². The van der Waals surface area contributed by atoms with Crippen molar-refractivity contribution in [3.63, 3.8) is 0 Å². The summed E-state index contributed by atoms with van der Waals surface area (Å²) in [5.74, 6) is 0.642. The van der Waals surface area contributed by atoms with Crippen molar-refractivity contribution < 1.29 is 9.13 Å². The number of fused-ring (bicyclic) bond motifs is 1. The molecule has 2 aromatic heterocycles. The van der Waals surface area contributed by atoms with E-state index in [0.717, 1.165) is 73.6 Å². The Labute approximate surface area is 215 Å². The zero-order chi connectivity index (χ0) is 22.4. The summed E-state index contributed by atoms with van der Waals surface area (Å²) in [6.07, 6.45) is 3.88. The third kappa shape index (κ3) is 4.98. The number of pyridine rings is 2. The zero-order valence-electron chi connectivity index (χ0n) is 19.3. The molecule has 6 rings (SSSR count). The molecule has 1 fully saturated rings. The summed E-state index contributed by atoms with van der Waals surface area (Å²) in [6, 6.07) is 9.20. The van der Waals surface area contributed by atoms with Gasteiger partial charge in [-0.2, -0.15) is 0 Å². The summed E-state index contributed by atoms with van der Waals surface area (Å²) in [7, 11) is 0. The van der Waals surface area contributed by atoms with Gasteiger partial charge in [-0.15, -0.1) is 24.8 Å². The van der Waals surface area contributed by atoms with E-state index in [-0.39, 0.29) is 42.1 Å². The second-order valence-electron chi connectivity index (χ2n) is 9.28. The number of anilines is 1. The standard InChI is InChI=1S/C25H28FN5O2.2ClH/c26-20-3-1-16-2-4-23(32)31-15-17(24(20)25(16)31)14-30-8-5-18(6-9-30)28-12-19-11-21-22(13-29-19)33-10-7-27-21;;/h1-4,11,13,17-18,27-28H,5-10,12,14-15H2;2*1H. The largest absolute Gasteiger partial charge is 0.488 e. The maximum Gasteiger partial charge on any atom is 0.251 e. The van der Waals surface area contributed by atoms with Crippen LogP contribution in [0.3, 0.4) is 0 Å². The lowest BCUT2D eigenvalue weighted by Crippen LogP contribution is -2.43. The van der Waals surface area contributed by atoms with Crippen LogP contribution >= 0.6 is 24.8 Å². The molecular formula is C25H30Cl2FN5O2. The van der Waals surface area contributed by atoms with Gasteiger partial charge in [0.05, 0.1) is 23.1 Å². The molecule has 188 valence electrons. The van der Waals surface area contributed by atoms with E-state index in [9.17, 15) is 9.18 Å². The zero-order valence-corrected chi connectivity index (χ0v) is 21.0. The van der Waals surface area contributed by atoms with E-state index in [1.807, 2.05) is 0 Å². The predicted molar refractivity (Wildman–Crippen MR) is 140 cm³/mol. The van der Waals surface area contributed by atoms with Crippen LogP contribution in [-0.4, -0.2) is 53.3 Å². The predicted octanol–water partition coefficient (Wildman–Crippen LogP) is 3.53. The van der Waals surface area contributed by atoms with Gasteiger partial charge in [-0.1, -0.05) is 0 Å². The highest BCUT2D eigenvalue weighted by Gasteiger charge is 2.31. The summed E-state index contributed by atoms with van der Waals surface area (Å²) in [5.41, 5.74) is 3.47. The van der Waals surface area contributed by atoms with Gasteiger partial charge < -0.3 is 24.8 Å². The number of nitrogens with zero attached hydrogens (tertiary/aromatic N) is 3. The number of likely N-dealkylation sites (tertiary alicyclic amines) is 1. The fourth-order valence-corrected chi connectivity index (χ4v) is 5.49. The fourth-order valence-electron chi connectivity index (χ4n) is 5.49. The average molecular weight is 522 g/mol. The molecule has 1 atom stereocenters. The Balaban J connectivity index is 0.00000144. The monoisotopic (exact) mass is 521 g/mol. The summed E-state index contributed by atoms with van der Waals surface area (Å²) in [5, 5.41) is 7.94. The van der Waals surface area contributed by atoms with Gasteiger partial charge >= 0.3 is 0 Å². The smallest absolute Gasteiger partial charge is 0.251 e. The number of aromatic nitrogens is 2. The first kappa shape index (κ1) is 25.7. The van der Waals surface area contributed by atoms with E-state index in [1.54, 1.807) is 29.0 Å². The first-order chi connectivity index (χ1) is 16.2. The van der Waals surface area contributed by atoms with Crippen molar-refractivity contribution in [3.05, 3.63) is 64.0 Å². The lowest BCUT2D eigenvalue weighted by atomic mass is 9.97. The van der Waals surface area contributed by atoms with Crippen molar-refractivity contribution in [1.29, 1.82) is 0 Å².